The molecule has 0 saturated carbocycles. The minimum absolute atomic E-state index is 0.0323. The van der Waals surface area contributed by atoms with Crippen LogP contribution in [-0.2, 0) is 4.74 Å². The zero-order chi connectivity index (χ0) is 13.4. The average molecular weight is 252 g/mol. The fourth-order valence-corrected chi connectivity index (χ4v) is 1.31. The van der Waals surface area contributed by atoms with E-state index in [1.807, 2.05) is 6.92 Å². The topological polar surface area (TPSA) is 73.6 Å². The predicted molar refractivity (Wildman–Crippen MR) is 69.8 cm³/mol. The van der Waals surface area contributed by atoms with Crippen molar-refractivity contribution in [2.24, 2.45) is 5.73 Å². The molecule has 1 aromatic carbocycles. The summed E-state index contributed by atoms with van der Waals surface area (Å²) in [5, 5.41) is 2.79. The van der Waals surface area contributed by atoms with Gasteiger partial charge in [0.15, 0.2) is 0 Å². The largest absolute Gasteiger partial charge is 0.491 e. The molecule has 0 aliphatic rings. The summed E-state index contributed by atoms with van der Waals surface area (Å²) >= 11 is 0. The Morgan fingerprint density at radius 1 is 1.33 bits per heavy atom. The molecule has 0 aliphatic heterocycles. The number of rotatable bonds is 7. The van der Waals surface area contributed by atoms with Gasteiger partial charge in [0, 0.05) is 25.3 Å². The summed E-state index contributed by atoms with van der Waals surface area (Å²) in [5.41, 5.74) is 6.04. The highest BCUT2D eigenvalue weighted by atomic mass is 16.5. The van der Waals surface area contributed by atoms with Gasteiger partial charge in [-0.2, -0.15) is 0 Å². The number of benzene rings is 1. The molecule has 3 N–H and O–H groups in total. The summed E-state index contributed by atoms with van der Waals surface area (Å²) in [7, 11) is 1.62. The first kappa shape index (κ1) is 14.5. The maximum Gasteiger partial charge on any atom is 0.251 e. The Hall–Kier alpha value is -1.59. The number of nitrogens with two attached hydrogens (primary N) is 1. The highest BCUT2D eigenvalue weighted by Gasteiger charge is 2.08. The van der Waals surface area contributed by atoms with Gasteiger partial charge in [0.25, 0.3) is 5.91 Å². The quantitative estimate of drug-likeness (QED) is 0.704. The molecule has 0 aromatic heterocycles. The Labute approximate surface area is 107 Å². The van der Waals surface area contributed by atoms with Crippen molar-refractivity contribution in [2.75, 3.05) is 26.9 Å². The van der Waals surface area contributed by atoms with E-state index in [-0.39, 0.29) is 11.9 Å². The van der Waals surface area contributed by atoms with E-state index in [4.69, 9.17) is 15.2 Å². The second kappa shape index (κ2) is 7.68. The molecule has 0 spiro atoms. The number of hydrogen-bond donors (Lipinski definition) is 2. The molecule has 0 heterocycles. The first-order chi connectivity index (χ1) is 8.67. The Morgan fingerprint density at radius 3 is 2.56 bits per heavy atom. The van der Waals surface area contributed by atoms with Crippen LogP contribution < -0.4 is 15.8 Å². The van der Waals surface area contributed by atoms with E-state index in [2.05, 4.69) is 5.32 Å². The van der Waals surface area contributed by atoms with Crippen LogP contribution in [0.2, 0.25) is 0 Å². The van der Waals surface area contributed by atoms with E-state index in [0.29, 0.717) is 25.3 Å². The third-order valence-corrected chi connectivity index (χ3v) is 2.40. The molecule has 1 atom stereocenters. The van der Waals surface area contributed by atoms with Gasteiger partial charge in [0.05, 0.1) is 6.61 Å². The van der Waals surface area contributed by atoms with Gasteiger partial charge in [-0.15, -0.1) is 0 Å². The van der Waals surface area contributed by atoms with E-state index in [1.165, 1.54) is 0 Å². The molecule has 0 aliphatic carbocycles. The predicted octanol–water partition coefficient (Wildman–Crippen LogP) is 0.789. The zero-order valence-electron chi connectivity index (χ0n) is 10.8. The van der Waals surface area contributed by atoms with Crippen molar-refractivity contribution in [1.29, 1.82) is 0 Å². The van der Waals surface area contributed by atoms with E-state index in [0.717, 1.165) is 5.75 Å². The lowest BCUT2D eigenvalue weighted by Crippen LogP contribution is -2.37. The fourth-order valence-electron chi connectivity index (χ4n) is 1.31. The average Bonchev–Trinajstić information content (AvgIpc) is 2.39. The number of hydrogen-bond acceptors (Lipinski definition) is 4. The highest BCUT2D eigenvalue weighted by molar-refractivity contribution is 5.94. The van der Waals surface area contributed by atoms with Crippen LogP contribution in [0.15, 0.2) is 24.3 Å². The first-order valence-electron chi connectivity index (χ1n) is 5.90. The smallest absolute Gasteiger partial charge is 0.251 e. The molecule has 1 aromatic rings. The summed E-state index contributed by atoms with van der Waals surface area (Å²) in [5.74, 6) is 0.590. The second-order valence-electron chi connectivity index (χ2n) is 3.98. The lowest BCUT2D eigenvalue weighted by atomic mass is 10.2. The summed E-state index contributed by atoms with van der Waals surface area (Å²) < 4.78 is 10.3. The molecule has 18 heavy (non-hydrogen) atoms. The maximum atomic E-state index is 11.8. The van der Waals surface area contributed by atoms with Gasteiger partial charge in [0.2, 0.25) is 0 Å². The molecular weight excluding hydrogens is 232 g/mol. The third-order valence-electron chi connectivity index (χ3n) is 2.40. The van der Waals surface area contributed by atoms with Crippen LogP contribution in [0.4, 0.5) is 0 Å². The summed E-state index contributed by atoms with van der Waals surface area (Å²) in [6.07, 6.45) is 0. The Bertz CT molecular complexity index is 365. The minimum atomic E-state index is -0.128. The van der Waals surface area contributed by atoms with Crippen LogP contribution in [-0.4, -0.2) is 38.8 Å². The van der Waals surface area contributed by atoms with Crippen molar-refractivity contribution in [1.82, 2.24) is 5.32 Å². The van der Waals surface area contributed by atoms with Gasteiger partial charge in [-0.25, -0.2) is 0 Å². The Kier molecular flexibility index (Phi) is 6.18. The van der Waals surface area contributed by atoms with Crippen LogP contribution in [0.1, 0.15) is 17.3 Å². The third kappa shape index (κ3) is 4.73. The zero-order valence-corrected chi connectivity index (χ0v) is 10.8. The van der Waals surface area contributed by atoms with Gasteiger partial charge < -0.3 is 20.5 Å². The monoisotopic (exact) mass is 252 g/mol. The van der Waals surface area contributed by atoms with Crippen molar-refractivity contribution >= 4 is 5.91 Å². The molecule has 0 unspecified atom stereocenters. The van der Waals surface area contributed by atoms with E-state index in [1.54, 1.807) is 31.4 Å². The summed E-state index contributed by atoms with van der Waals surface area (Å²) in [6, 6.07) is 6.94. The summed E-state index contributed by atoms with van der Waals surface area (Å²) in [6.45, 7) is 3.31. The van der Waals surface area contributed by atoms with Crippen molar-refractivity contribution in [2.45, 2.75) is 13.0 Å². The molecule has 5 heteroatoms. The SMILES string of the molecule is COCCOc1ccc(C(=O)N[C@@H](C)CN)cc1. The first-order valence-corrected chi connectivity index (χ1v) is 5.90. The van der Waals surface area contributed by atoms with Crippen LogP contribution >= 0.6 is 0 Å². The Balaban J connectivity index is 2.51. The molecule has 5 nitrogen and oxygen atoms in total. The van der Waals surface area contributed by atoms with Crippen LogP contribution in [0, 0.1) is 0 Å². The normalized spacial score (nSPS) is 11.9. The molecule has 1 amide bonds. The molecule has 100 valence electrons. The van der Waals surface area contributed by atoms with Crippen molar-refractivity contribution in [3.8, 4) is 5.75 Å². The molecule has 1 rings (SSSR count). The van der Waals surface area contributed by atoms with Crippen molar-refractivity contribution in [3.05, 3.63) is 29.8 Å². The molecule has 0 bridgehead atoms. The van der Waals surface area contributed by atoms with Gasteiger partial charge in [-0.1, -0.05) is 0 Å². The van der Waals surface area contributed by atoms with Gasteiger partial charge >= 0.3 is 0 Å². The van der Waals surface area contributed by atoms with Crippen LogP contribution in [0.5, 0.6) is 5.75 Å². The maximum absolute atomic E-state index is 11.8. The molecule has 0 fully saturated rings. The molecule has 0 saturated heterocycles. The van der Waals surface area contributed by atoms with Crippen LogP contribution in [0.3, 0.4) is 0 Å². The number of ether oxygens (including phenoxy) is 2. The number of amides is 1. The van der Waals surface area contributed by atoms with Gasteiger partial charge in [-0.3, -0.25) is 4.79 Å². The number of carbonyl (C=O) groups excluding carboxylic acids is 1. The number of nitrogens with one attached hydrogen (secondary N) is 1. The molecule has 0 radical (unpaired) electrons. The van der Waals surface area contributed by atoms with Crippen molar-refractivity contribution < 1.29 is 14.3 Å². The van der Waals surface area contributed by atoms with Gasteiger partial charge in [0.1, 0.15) is 12.4 Å². The minimum Gasteiger partial charge on any atom is -0.491 e. The highest BCUT2D eigenvalue weighted by Crippen LogP contribution is 2.12. The van der Waals surface area contributed by atoms with Crippen LogP contribution in [0.25, 0.3) is 0 Å². The number of methoxy groups -OCH3 is 1. The van der Waals surface area contributed by atoms with E-state index >= 15 is 0 Å². The van der Waals surface area contributed by atoms with Crippen molar-refractivity contribution in [3.63, 3.8) is 0 Å². The lowest BCUT2D eigenvalue weighted by Gasteiger charge is -2.11. The fraction of sp³-hybridized carbons (Fsp3) is 0.462. The van der Waals surface area contributed by atoms with E-state index < -0.39 is 0 Å². The molecular formula is C13H20N2O3. The lowest BCUT2D eigenvalue weighted by molar-refractivity contribution is 0.0941. The summed E-state index contributed by atoms with van der Waals surface area (Å²) in [4.78, 5) is 11.8. The second-order valence-corrected chi connectivity index (χ2v) is 3.98. The Morgan fingerprint density at radius 2 is 2.00 bits per heavy atom. The number of carbonyl (C=O) groups is 1. The van der Waals surface area contributed by atoms with E-state index in [9.17, 15) is 4.79 Å². The van der Waals surface area contributed by atoms with Gasteiger partial charge in [-0.05, 0) is 31.2 Å². The standard InChI is InChI=1S/C13H20N2O3/c1-10(9-14)15-13(16)11-3-5-12(6-4-11)18-8-7-17-2/h3-6,10H,7-9,14H2,1-2H3,(H,15,16)/t10-/m0/s1.